The molecule has 25 heteroatoms. The molecule has 2 aliphatic heterocycles. The fourth-order valence-corrected chi connectivity index (χ4v) is 8.48. The van der Waals surface area contributed by atoms with Gasteiger partial charge in [0.2, 0.25) is 41.0 Å². The molecule has 1 aromatic carbocycles. The number of imidazole rings is 1. The second-order valence-electron chi connectivity index (χ2n) is 18.3. The summed E-state index contributed by atoms with van der Waals surface area (Å²) in [4.78, 5) is 117. The predicted molar refractivity (Wildman–Crippen MR) is 248 cm³/mol. The minimum atomic E-state index is -5.49. The van der Waals surface area contributed by atoms with Crippen LogP contribution >= 0.6 is 23.2 Å². The average molecular weight is 1030 g/mol. The van der Waals surface area contributed by atoms with Gasteiger partial charge in [0.05, 0.1) is 12.9 Å². The predicted octanol–water partition coefficient (Wildman–Crippen LogP) is 2.21. The minimum absolute atomic E-state index is 0.0215. The number of likely N-dealkylation sites (N-methyl/N-ethyl adjacent to an activating group) is 2. The Morgan fingerprint density at radius 1 is 1.03 bits per heavy atom. The highest BCUT2D eigenvalue weighted by Crippen LogP contribution is 2.34. The molecule has 1 aromatic heterocycles. The molecule has 6 N–H and O–H groups in total. The summed E-state index contributed by atoms with van der Waals surface area (Å²) in [5, 5.41) is 23.9. The van der Waals surface area contributed by atoms with Gasteiger partial charge in [0, 0.05) is 63.3 Å². The number of halogens is 6. The van der Waals surface area contributed by atoms with Gasteiger partial charge in [0.25, 0.3) is 11.8 Å². The van der Waals surface area contributed by atoms with Crippen molar-refractivity contribution in [2.24, 2.45) is 13.0 Å². The maximum atomic E-state index is 14.9. The van der Waals surface area contributed by atoms with Crippen molar-refractivity contribution >= 4 is 70.5 Å². The van der Waals surface area contributed by atoms with E-state index in [0.717, 1.165) is 9.80 Å². The Kier molecular flexibility index (Phi) is 20.0. The average Bonchev–Trinajstić information content (AvgIpc) is 3.91. The third-order valence-electron chi connectivity index (χ3n) is 12.2. The van der Waals surface area contributed by atoms with Gasteiger partial charge in [-0.25, -0.2) is 9.37 Å². The first-order chi connectivity index (χ1) is 32.6. The van der Waals surface area contributed by atoms with Gasteiger partial charge in [0.15, 0.2) is 0 Å². The zero-order valence-corrected chi connectivity index (χ0v) is 41.5. The number of nitrogens with zero attached hydrogens (tertiary/aromatic N) is 5. The molecule has 0 bridgehead atoms. The number of amides is 8. The second-order valence-corrected chi connectivity index (χ2v) is 19.2. The third kappa shape index (κ3) is 14.7. The summed E-state index contributed by atoms with van der Waals surface area (Å²) in [6.07, 6.45) is -5.36. The number of likely N-dealkylation sites (tertiary alicyclic amines) is 1. The van der Waals surface area contributed by atoms with Crippen LogP contribution in [0.1, 0.15) is 88.7 Å². The summed E-state index contributed by atoms with van der Waals surface area (Å²) in [5.41, 5.74) is -3.50. The highest BCUT2D eigenvalue weighted by atomic mass is 35.5. The number of aryl methyl sites for hydroxylation is 1. The van der Waals surface area contributed by atoms with E-state index in [9.17, 15) is 61.0 Å². The fraction of sp³-hybridized carbons (Fsp3) is 0.622. The first-order valence-electron chi connectivity index (χ1n) is 22.8. The van der Waals surface area contributed by atoms with Crippen molar-refractivity contribution < 1.29 is 61.0 Å². The molecule has 19 nitrogen and oxygen atoms in total. The smallest absolute Gasteiger partial charge is 0.373 e. The van der Waals surface area contributed by atoms with Crippen LogP contribution in [0.2, 0.25) is 10.0 Å². The quantitative estimate of drug-likeness (QED) is 0.119. The van der Waals surface area contributed by atoms with E-state index < -0.39 is 114 Å². The molecular formula is C45H62Cl2F4N10O9. The van der Waals surface area contributed by atoms with Crippen LogP contribution in [0.4, 0.5) is 17.6 Å². The SMILES string of the molecule is CC(C)C[C@@H]1NC(=O)[C@@H](N(C)C(=O)[C@H](CCCNC(=O)c2cn(C)cn2)NC(=O)[C@@H]2C[C@@H](F)CN2C(=O)[C@@](C)(O)C(F)(F)F)CCCCNC(=O)[C@@H](C)NC(=O)[C@H](Cc2cc(Cl)ccc2Cl)N(C)C1=O. The summed E-state index contributed by atoms with van der Waals surface area (Å²) in [7, 11) is 4.25. The third-order valence-corrected chi connectivity index (χ3v) is 12.8. The number of carbonyl (C=O) groups is 8. The zero-order chi connectivity index (χ0) is 52.4. The van der Waals surface area contributed by atoms with Gasteiger partial charge in [-0.15, -0.1) is 0 Å². The summed E-state index contributed by atoms with van der Waals surface area (Å²) in [5.74, 6) is -7.70. The van der Waals surface area contributed by atoms with Crippen molar-refractivity contribution in [3.8, 4) is 0 Å². The minimum Gasteiger partial charge on any atom is -0.373 e. The highest BCUT2D eigenvalue weighted by Gasteiger charge is 2.59. The lowest BCUT2D eigenvalue weighted by Crippen LogP contribution is -2.61. The Labute approximate surface area is 413 Å². The Hall–Kier alpha value is -5.55. The highest BCUT2D eigenvalue weighted by molar-refractivity contribution is 6.33. The van der Waals surface area contributed by atoms with Crippen molar-refractivity contribution in [2.75, 3.05) is 33.7 Å². The molecule has 70 heavy (non-hydrogen) atoms. The number of hydrogen-bond acceptors (Lipinski definition) is 10. The summed E-state index contributed by atoms with van der Waals surface area (Å²) in [6.45, 7) is 4.26. The maximum absolute atomic E-state index is 14.9. The number of alkyl halides is 4. The number of nitrogens with one attached hydrogen (secondary N) is 5. The molecule has 0 radical (unpaired) electrons. The molecule has 3 heterocycles. The van der Waals surface area contributed by atoms with E-state index in [0.29, 0.717) is 10.6 Å². The molecule has 0 unspecified atom stereocenters. The number of aliphatic hydroxyl groups is 1. The van der Waals surface area contributed by atoms with Crippen molar-refractivity contribution in [1.82, 2.24) is 50.8 Å². The molecule has 2 saturated heterocycles. The van der Waals surface area contributed by atoms with E-state index in [2.05, 4.69) is 31.6 Å². The normalized spacial score (nSPS) is 23.5. The van der Waals surface area contributed by atoms with Gasteiger partial charge in [-0.1, -0.05) is 37.0 Å². The lowest BCUT2D eigenvalue weighted by Gasteiger charge is -2.35. The fourth-order valence-electron chi connectivity index (χ4n) is 8.09. The number of benzene rings is 1. The molecule has 4 rings (SSSR count). The van der Waals surface area contributed by atoms with Crippen molar-refractivity contribution in [2.45, 2.75) is 133 Å². The van der Waals surface area contributed by atoms with Crippen LogP contribution in [0.5, 0.6) is 0 Å². The van der Waals surface area contributed by atoms with Gasteiger partial charge in [-0.05, 0) is 82.1 Å². The molecule has 0 saturated carbocycles. The second kappa shape index (κ2) is 24.5. The standard InChI is InChI=1S/C45H62Cl2F4N10O9/c1-24(2)17-31-42(68)60(7)34(19-26-18-27(46)13-14-29(26)47)39(65)55-25(3)36(62)52-15-9-8-12-33(38(64)57-31)59(6)41(67)30(11-10-16-53-37(63)32-22-58(5)23-54-32)56-40(66)35-20-28(48)21-61(35)43(69)44(4,70)45(49,50)51/h13-14,18,22-25,28,30-31,33-35,70H,8-12,15-17,19-21H2,1-7H3,(H,52,62)(H,53,63)(H,55,65)(H,56,66)(H,57,64)/t25-,28-,30+,31+,33+,34+,35+,44-/m1/s1. The molecule has 8 atom stereocenters. The molecular weight excluding hydrogens is 971 g/mol. The Morgan fingerprint density at radius 2 is 1.71 bits per heavy atom. The van der Waals surface area contributed by atoms with E-state index in [-0.39, 0.29) is 86.5 Å². The zero-order valence-electron chi connectivity index (χ0n) is 40.0. The van der Waals surface area contributed by atoms with E-state index >= 15 is 0 Å². The van der Waals surface area contributed by atoms with Crippen LogP contribution in [0.15, 0.2) is 30.7 Å². The van der Waals surface area contributed by atoms with Crippen LogP contribution in [-0.2, 0) is 47.0 Å². The van der Waals surface area contributed by atoms with E-state index in [4.69, 9.17) is 23.2 Å². The molecule has 388 valence electrons. The molecule has 2 aliphatic rings. The molecule has 2 fully saturated rings. The van der Waals surface area contributed by atoms with Gasteiger partial charge in [0.1, 0.15) is 48.1 Å². The number of hydrogen-bond donors (Lipinski definition) is 6. The van der Waals surface area contributed by atoms with Crippen LogP contribution in [0, 0.1) is 5.92 Å². The molecule has 8 amide bonds. The number of rotatable bonds is 14. The number of aromatic nitrogens is 2. The molecule has 2 aromatic rings. The van der Waals surface area contributed by atoms with Crippen LogP contribution in [0.3, 0.4) is 0 Å². The summed E-state index contributed by atoms with van der Waals surface area (Å²) < 4.78 is 57.7. The van der Waals surface area contributed by atoms with Gasteiger partial charge >= 0.3 is 6.18 Å². The van der Waals surface area contributed by atoms with Crippen molar-refractivity contribution in [3.05, 3.63) is 52.0 Å². The van der Waals surface area contributed by atoms with Gasteiger partial charge in [-0.2, -0.15) is 13.2 Å². The Morgan fingerprint density at radius 3 is 2.34 bits per heavy atom. The Balaban J connectivity index is 1.69. The first kappa shape index (κ1) is 57.0. The lowest BCUT2D eigenvalue weighted by atomic mass is 9.98. The van der Waals surface area contributed by atoms with E-state index in [1.165, 1.54) is 50.2 Å². The van der Waals surface area contributed by atoms with Crippen LogP contribution < -0.4 is 26.6 Å². The molecule has 0 spiro atoms. The van der Waals surface area contributed by atoms with E-state index in [1.807, 2.05) is 0 Å². The maximum Gasteiger partial charge on any atom is 0.426 e. The monoisotopic (exact) mass is 1030 g/mol. The van der Waals surface area contributed by atoms with Crippen LogP contribution in [0.25, 0.3) is 0 Å². The molecule has 0 aliphatic carbocycles. The van der Waals surface area contributed by atoms with Crippen molar-refractivity contribution in [1.29, 1.82) is 0 Å². The van der Waals surface area contributed by atoms with Crippen molar-refractivity contribution in [3.63, 3.8) is 0 Å². The van der Waals surface area contributed by atoms with Gasteiger partial charge < -0.3 is 51.0 Å². The Bertz CT molecular complexity index is 2250. The van der Waals surface area contributed by atoms with Gasteiger partial charge in [-0.3, -0.25) is 38.4 Å². The number of carbonyl (C=O) groups excluding carboxylic acids is 8. The first-order valence-corrected chi connectivity index (χ1v) is 23.6. The van der Waals surface area contributed by atoms with E-state index in [1.54, 1.807) is 27.0 Å². The lowest BCUT2D eigenvalue weighted by molar-refractivity contribution is -0.250. The summed E-state index contributed by atoms with van der Waals surface area (Å²) in [6, 6.07) is -3.90. The summed E-state index contributed by atoms with van der Waals surface area (Å²) >= 11 is 12.7. The topological polar surface area (TPSA) is 244 Å². The van der Waals surface area contributed by atoms with Crippen LogP contribution in [-0.4, -0.2) is 165 Å². The largest absolute Gasteiger partial charge is 0.426 e.